The largest absolute Gasteiger partial charge is 0.378 e. The van der Waals surface area contributed by atoms with E-state index in [4.69, 9.17) is 10.5 Å². The Morgan fingerprint density at radius 3 is 3.00 bits per heavy atom. The fraction of sp³-hybridized carbons (Fsp3) is 0.625. The minimum absolute atomic E-state index is 0.214. The lowest BCUT2D eigenvalue weighted by Crippen LogP contribution is -2.34. The molecule has 2 heterocycles. The van der Waals surface area contributed by atoms with Gasteiger partial charge in [-0.05, 0) is 43.7 Å². The molecule has 3 rings (SSSR count). The monoisotopic (exact) mass is 260 g/mol. The van der Waals surface area contributed by atoms with Gasteiger partial charge in [0, 0.05) is 31.4 Å². The number of hydrogen-bond acceptors (Lipinski definition) is 3. The molecule has 0 spiro atoms. The van der Waals surface area contributed by atoms with Crippen LogP contribution in [0.15, 0.2) is 24.3 Å². The molecule has 0 radical (unpaired) electrons. The Hall–Kier alpha value is -1.06. The Bertz CT molecular complexity index is 415. The summed E-state index contributed by atoms with van der Waals surface area (Å²) in [6.45, 7) is 3.18. The van der Waals surface area contributed by atoms with Crippen molar-refractivity contribution in [2.45, 2.75) is 44.2 Å². The Labute approximate surface area is 115 Å². The van der Waals surface area contributed by atoms with Crippen molar-refractivity contribution >= 4 is 5.69 Å². The number of rotatable bonds is 4. The van der Waals surface area contributed by atoms with Gasteiger partial charge in [-0.3, -0.25) is 0 Å². The number of hydrogen-bond donors (Lipinski definition) is 1. The number of ether oxygens (including phenoxy) is 1. The molecular formula is C16H24N2O. The molecule has 3 nitrogen and oxygen atoms in total. The Morgan fingerprint density at radius 2 is 2.16 bits per heavy atom. The fourth-order valence-corrected chi connectivity index (χ4v) is 3.27. The fourth-order valence-electron chi connectivity index (χ4n) is 3.27. The topological polar surface area (TPSA) is 38.5 Å². The molecule has 1 fully saturated rings. The van der Waals surface area contributed by atoms with Crippen molar-refractivity contribution in [3.8, 4) is 0 Å². The number of nitrogens with two attached hydrogens (primary N) is 1. The smallest absolute Gasteiger partial charge is 0.0576 e. The zero-order chi connectivity index (χ0) is 13.1. The maximum Gasteiger partial charge on any atom is 0.0576 e. The predicted molar refractivity (Wildman–Crippen MR) is 78.4 cm³/mol. The molecule has 1 aromatic rings. The summed E-state index contributed by atoms with van der Waals surface area (Å²) in [4.78, 5) is 2.49. The summed E-state index contributed by atoms with van der Waals surface area (Å²) < 4.78 is 5.69. The third kappa shape index (κ3) is 2.93. The van der Waals surface area contributed by atoms with E-state index in [0.717, 1.165) is 26.1 Å². The van der Waals surface area contributed by atoms with Crippen LogP contribution in [0.1, 0.15) is 43.7 Å². The normalized spacial score (nSPS) is 26.5. The van der Waals surface area contributed by atoms with E-state index in [2.05, 4.69) is 29.2 Å². The first-order valence-corrected chi connectivity index (χ1v) is 7.55. The maximum atomic E-state index is 6.19. The summed E-state index contributed by atoms with van der Waals surface area (Å²) in [5.41, 5.74) is 8.84. The van der Waals surface area contributed by atoms with E-state index in [-0.39, 0.29) is 6.04 Å². The third-order valence-corrected chi connectivity index (χ3v) is 4.37. The second-order valence-electron chi connectivity index (χ2n) is 5.72. The number of fused-ring (bicyclic) bond motifs is 1. The quantitative estimate of drug-likeness (QED) is 0.904. The lowest BCUT2D eigenvalue weighted by atomic mass is 9.97. The number of nitrogens with zero attached hydrogens (tertiary/aromatic N) is 1. The van der Waals surface area contributed by atoms with Crippen LogP contribution in [0.25, 0.3) is 0 Å². The van der Waals surface area contributed by atoms with Crippen LogP contribution in [0.5, 0.6) is 0 Å². The van der Waals surface area contributed by atoms with Gasteiger partial charge in [0.2, 0.25) is 0 Å². The van der Waals surface area contributed by atoms with Crippen molar-refractivity contribution in [3.05, 3.63) is 29.8 Å². The number of para-hydroxylation sites is 1. The molecule has 1 aromatic carbocycles. The van der Waals surface area contributed by atoms with Gasteiger partial charge in [-0.1, -0.05) is 18.2 Å². The summed E-state index contributed by atoms with van der Waals surface area (Å²) >= 11 is 0. The standard InChI is InChI=1S/C16H24N2O/c17-15-9-11-18(16-8-2-1-7-14(15)16)10-3-5-13-6-4-12-19-13/h1-2,7-8,13,15H,3-6,9-12,17H2. The van der Waals surface area contributed by atoms with Crippen molar-refractivity contribution in [2.75, 3.05) is 24.6 Å². The molecule has 1 saturated heterocycles. The van der Waals surface area contributed by atoms with Gasteiger partial charge in [-0.25, -0.2) is 0 Å². The Balaban J connectivity index is 1.58. The summed E-state index contributed by atoms with van der Waals surface area (Å²) in [6, 6.07) is 8.80. The van der Waals surface area contributed by atoms with Gasteiger partial charge in [0.1, 0.15) is 0 Å². The van der Waals surface area contributed by atoms with Gasteiger partial charge in [-0.2, -0.15) is 0 Å². The SMILES string of the molecule is NC1CCN(CCCC2CCCO2)c2ccccc21. The summed E-state index contributed by atoms with van der Waals surface area (Å²) in [7, 11) is 0. The molecular weight excluding hydrogens is 236 g/mol. The molecule has 2 N–H and O–H groups in total. The van der Waals surface area contributed by atoms with Gasteiger partial charge in [0.05, 0.1) is 6.10 Å². The van der Waals surface area contributed by atoms with Crippen LogP contribution in [0.2, 0.25) is 0 Å². The number of anilines is 1. The zero-order valence-electron chi connectivity index (χ0n) is 11.6. The molecule has 2 aliphatic heterocycles. The predicted octanol–water partition coefficient (Wildman–Crippen LogP) is 2.86. The van der Waals surface area contributed by atoms with Crippen molar-refractivity contribution in [1.82, 2.24) is 0 Å². The van der Waals surface area contributed by atoms with Crippen molar-refractivity contribution < 1.29 is 4.74 Å². The highest BCUT2D eigenvalue weighted by molar-refractivity contribution is 5.56. The average molecular weight is 260 g/mol. The number of benzene rings is 1. The van der Waals surface area contributed by atoms with Crippen LogP contribution in [0.3, 0.4) is 0 Å². The minimum Gasteiger partial charge on any atom is -0.378 e. The van der Waals surface area contributed by atoms with E-state index in [1.54, 1.807) is 0 Å². The third-order valence-electron chi connectivity index (χ3n) is 4.37. The van der Waals surface area contributed by atoms with Gasteiger partial charge in [-0.15, -0.1) is 0 Å². The van der Waals surface area contributed by atoms with Gasteiger partial charge < -0.3 is 15.4 Å². The second kappa shape index (κ2) is 5.93. The molecule has 2 aliphatic rings. The van der Waals surface area contributed by atoms with Crippen molar-refractivity contribution in [2.24, 2.45) is 5.73 Å². The highest BCUT2D eigenvalue weighted by Crippen LogP contribution is 2.32. The Kier molecular flexibility index (Phi) is 4.04. The first-order valence-electron chi connectivity index (χ1n) is 7.55. The lowest BCUT2D eigenvalue weighted by molar-refractivity contribution is 0.103. The average Bonchev–Trinajstić information content (AvgIpc) is 2.95. The van der Waals surface area contributed by atoms with Crippen LogP contribution < -0.4 is 10.6 Å². The first-order chi connectivity index (χ1) is 9.34. The molecule has 0 amide bonds. The lowest BCUT2D eigenvalue weighted by Gasteiger charge is -2.34. The zero-order valence-corrected chi connectivity index (χ0v) is 11.6. The molecule has 19 heavy (non-hydrogen) atoms. The van der Waals surface area contributed by atoms with Crippen LogP contribution in [-0.2, 0) is 4.74 Å². The molecule has 0 aliphatic carbocycles. The van der Waals surface area contributed by atoms with Gasteiger partial charge in [0.25, 0.3) is 0 Å². The van der Waals surface area contributed by atoms with Crippen molar-refractivity contribution in [1.29, 1.82) is 0 Å². The molecule has 0 saturated carbocycles. The van der Waals surface area contributed by atoms with Gasteiger partial charge >= 0.3 is 0 Å². The molecule has 0 bridgehead atoms. The van der Waals surface area contributed by atoms with Crippen LogP contribution in [-0.4, -0.2) is 25.8 Å². The van der Waals surface area contributed by atoms with Crippen LogP contribution in [0.4, 0.5) is 5.69 Å². The van der Waals surface area contributed by atoms with E-state index in [1.807, 2.05) is 0 Å². The first kappa shape index (κ1) is 12.9. The van der Waals surface area contributed by atoms with E-state index in [0.29, 0.717) is 6.10 Å². The van der Waals surface area contributed by atoms with E-state index < -0.39 is 0 Å². The Morgan fingerprint density at radius 1 is 1.26 bits per heavy atom. The molecule has 3 heteroatoms. The van der Waals surface area contributed by atoms with Crippen molar-refractivity contribution in [3.63, 3.8) is 0 Å². The second-order valence-corrected chi connectivity index (χ2v) is 5.72. The van der Waals surface area contributed by atoms with E-state index in [9.17, 15) is 0 Å². The molecule has 0 aromatic heterocycles. The van der Waals surface area contributed by atoms with Gasteiger partial charge in [0.15, 0.2) is 0 Å². The van der Waals surface area contributed by atoms with Crippen LogP contribution in [0, 0.1) is 0 Å². The van der Waals surface area contributed by atoms with E-state index in [1.165, 1.54) is 36.9 Å². The van der Waals surface area contributed by atoms with Crippen LogP contribution >= 0.6 is 0 Å². The van der Waals surface area contributed by atoms with E-state index >= 15 is 0 Å². The molecule has 104 valence electrons. The summed E-state index contributed by atoms with van der Waals surface area (Å²) in [5.74, 6) is 0. The summed E-state index contributed by atoms with van der Waals surface area (Å²) in [5, 5.41) is 0. The minimum atomic E-state index is 0.214. The highest BCUT2D eigenvalue weighted by Gasteiger charge is 2.22. The summed E-state index contributed by atoms with van der Waals surface area (Å²) in [6.07, 6.45) is 6.49. The highest BCUT2D eigenvalue weighted by atomic mass is 16.5. The molecule has 2 atom stereocenters. The molecule has 2 unspecified atom stereocenters. The maximum absolute atomic E-state index is 6.19.